The van der Waals surface area contributed by atoms with Crippen molar-refractivity contribution in [2.24, 2.45) is 5.84 Å². The minimum absolute atomic E-state index is 0.256. The Morgan fingerprint density at radius 1 is 1.38 bits per heavy atom. The lowest BCUT2D eigenvalue weighted by atomic mass is 10.0. The molecule has 3 N–H and O–H groups in total. The number of nitrogens with one attached hydrogen (secondary N) is 1. The highest BCUT2D eigenvalue weighted by molar-refractivity contribution is 5.52. The lowest BCUT2D eigenvalue weighted by Crippen LogP contribution is -2.15. The number of aromatic nitrogens is 4. The third-order valence-corrected chi connectivity index (χ3v) is 2.30. The van der Waals surface area contributed by atoms with E-state index in [1.54, 1.807) is 10.9 Å². The molecule has 0 amide bonds. The van der Waals surface area contributed by atoms with Crippen LogP contribution < -0.4 is 11.3 Å². The zero-order valence-electron chi connectivity index (χ0n) is 9.25. The van der Waals surface area contributed by atoms with Gasteiger partial charge in [0.2, 0.25) is 0 Å². The number of nitrogens with two attached hydrogens (primary N) is 1. The highest BCUT2D eigenvalue weighted by atomic mass is 15.3. The molecular weight excluding hydrogens is 204 g/mol. The van der Waals surface area contributed by atoms with Crippen LogP contribution in [-0.4, -0.2) is 19.7 Å². The maximum atomic E-state index is 5.44. The molecule has 6 heteroatoms. The van der Waals surface area contributed by atoms with Gasteiger partial charge in [0.1, 0.15) is 12.1 Å². The van der Waals surface area contributed by atoms with E-state index in [0.717, 1.165) is 11.4 Å². The summed E-state index contributed by atoms with van der Waals surface area (Å²) in [4.78, 5) is 8.35. The number of hydrogen-bond donors (Lipinski definition) is 2. The number of rotatable bonds is 3. The maximum Gasteiger partial charge on any atom is 0.162 e. The summed E-state index contributed by atoms with van der Waals surface area (Å²) in [7, 11) is 0. The Hall–Kier alpha value is -1.95. The second kappa shape index (κ2) is 4.28. The Kier molecular flexibility index (Phi) is 2.82. The summed E-state index contributed by atoms with van der Waals surface area (Å²) in [5.41, 5.74) is 3.54. The van der Waals surface area contributed by atoms with Gasteiger partial charge < -0.3 is 5.43 Å². The minimum atomic E-state index is 0.256. The third-order valence-electron chi connectivity index (χ3n) is 2.30. The quantitative estimate of drug-likeness (QED) is 0.595. The molecule has 0 saturated carbocycles. The summed E-state index contributed by atoms with van der Waals surface area (Å²) in [6.07, 6.45) is 5.02. The summed E-state index contributed by atoms with van der Waals surface area (Å²) in [5, 5.41) is 4.16. The van der Waals surface area contributed by atoms with Crippen LogP contribution in [-0.2, 0) is 0 Å². The van der Waals surface area contributed by atoms with Crippen molar-refractivity contribution in [1.82, 2.24) is 19.7 Å². The van der Waals surface area contributed by atoms with Gasteiger partial charge in [-0.1, -0.05) is 13.8 Å². The van der Waals surface area contributed by atoms with Crippen LogP contribution in [0.15, 0.2) is 24.8 Å². The molecule has 16 heavy (non-hydrogen) atoms. The minimum Gasteiger partial charge on any atom is -0.308 e. The molecule has 2 aromatic heterocycles. The molecule has 0 atom stereocenters. The summed E-state index contributed by atoms with van der Waals surface area (Å²) >= 11 is 0. The molecule has 0 aliphatic rings. The van der Waals surface area contributed by atoms with E-state index in [-0.39, 0.29) is 5.92 Å². The van der Waals surface area contributed by atoms with Gasteiger partial charge in [-0.3, -0.25) is 0 Å². The van der Waals surface area contributed by atoms with Crippen molar-refractivity contribution < 1.29 is 0 Å². The fourth-order valence-electron chi connectivity index (χ4n) is 1.61. The zero-order chi connectivity index (χ0) is 11.5. The van der Waals surface area contributed by atoms with Crippen molar-refractivity contribution >= 4 is 5.82 Å². The highest BCUT2D eigenvalue weighted by Gasteiger charge is 2.15. The lowest BCUT2D eigenvalue weighted by molar-refractivity contribution is 0.773. The predicted molar refractivity (Wildman–Crippen MR) is 61.1 cm³/mol. The molecule has 0 bridgehead atoms. The van der Waals surface area contributed by atoms with E-state index < -0.39 is 0 Å². The summed E-state index contributed by atoms with van der Waals surface area (Å²) in [5.74, 6) is 7.08. The third kappa shape index (κ3) is 1.74. The molecule has 2 rings (SSSR count). The van der Waals surface area contributed by atoms with Gasteiger partial charge in [0.15, 0.2) is 5.82 Å². The Morgan fingerprint density at radius 3 is 2.75 bits per heavy atom. The number of nitrogens with zero attached hydrogens (tertiary/aromatic N) is 4. The Balaban J connectivity index is 2.61. The van der Waals surface area contributed by atoms with E-state index in [1.807, 2.05) is 12.3 Å². The molecule has 0 unspecified atom stereocenters. The van der Waals surface area contributed by atoms with Crippen LogP contribution in [0.25, 0.3) is 5.82 Å². The number of anilines is 1. The van der Waals surface area contributed by atoms with Crippen molar-refractivity contribution in [3.05, 3.63) is 30.4 Å². The molecule has 0 spiro atoms. The van der Waals surface area contributed by atoms with Gasteiger partial charge in [-0.25, -0.2) is 20.5 Å². The number of hydrogen-bond acceptors (Lipinski definition) is 5. The average Bonchev–Trinajstić information content (AvgIpc) is 2.81. The number of nitrogen functional groups attached to an aromatic ring is 1. The van der Waals surface area contributed by atoms with Gasteiger partial charge in [0, 0.05) is 18.0 Å². The maximum absolute atomic E-state index is 5.44. The zero-order valence-corrected chi connectivity index (χ0v) is 9.25. The van der Waals surface area contributed by atoms with Gasteiger partial charge in [0.25, 0.3) is 0 Å². The lowest BCUT2D eigenvalue weighted by Gasteiger charge is -2.14. The second-order valence-corrected chi connectivity index (χ2v) is 3.71. The highest BCUT2D eigenvalue weighted by Crippen LogP contribution is 2.25. The summed E-state index contributed by atoms with van der Waals surface area (Å²) in [6.45, 7) is 4.12. The molecule has 0 aromatic carbocycles. The molecule has 0 aliphatic carbocycles. The van der Waals surface area contributed by atoms with Crippen molar-refractivity contribution in [2.75, 3.05) is 5.43 Å². The smallest absolute Gasteiger partial charge is 0.162 e. The van der Waals surface area contributed by atoms with Crippen LogP contribution in [0.5, 0.6) is 0 Å². The normalized spacial score (nSPS) is 10.8. The van der Waals surface area contributed by atoms with Crippen molar-refractivity contribution in [1.29, 1.82) is 0 Å². The van der Waals surface area contributed by atoms with Crippen molar-refractivity contribution in [2.45, 2.75) is 19.8 Å². The first-order chi connectivity index (χ1) is 7.74. The monoisotopic (exact) mass is 218 g/mol. The molecule has 0 saturated heterocycles. The molecule has 0 fully saturated rings. The largest absolute Gasteiger partial charge is 0.308 e. The molecular formula is C10H14N6. The average molecular weight is 218 g/mol. The van der Waals surface area contributed by atoms with Crippen LogP contribution in [0, 0.1) is 0 Å². The Bertz CT molecular complexity index is 462. The van der Waals surface area contributed by atoms with Gasteiger partial charge >= 0.3 is 0 Å². The summed E-state index contributed by atoms with van der Waals surface area (Å²) < 4.78 is 1.71. The van der Waals surface area contributed by atoms with E-state index in [1.165, 1.54) is 6.33 Å². The van der Waals surface area contributed by atoms with Gasteiger partial charge in [-0.2, -0.15) is 5.10 Å². The standard InChI is InChI=1S/C10H14N6/c1-7(2)8-9(15-11)12-6-13-10(8)16-5-3-4-14-16/h3-7H,11H2,1-2H3,(H,12,13,15). The molecule has 2 heterocycles. The van der Waals surface area contributed by atoms with Gasteiger partial charge in [-0.15, -0.1) is 0 Å². The van der Waals surface area contributed by atoms with E-state index in [2.05, 4.69) is 34.3 Å². The van der Waals surface area contributed by atoms with Crippen molar-refractivity contribution in [3.63, 3.8) is 0 Å². The van der Waals surface area contributed by atoms with Gasteiger partial charge in [0.05, 0.1) is 0 Å². The van der Waals surface area contributed by atoms with Crippen LogP contribution in [0.3, 0.4) is 0 Å². The SMILES string of the molecule is CC(C)c1c(NN)ncnc1-n1cccn1. The molecule has 6 nitrogen and oxygen atoms in total. The van der Waals surface area contributed by atoms with Crippen LogP contribution in [0.1, 0.15) is 25.3 Å². The van der Waals surface area contributed by atoms with E-state index in [0.29, 0.717) is 5.82 Å². The first-order valence-corrected chi connectivity index (χ1v) is 5.05. The summed E-state index contributed by atoms with van der Waals surface area (Å²) in [6, 6.07) is 1.85. The first kappa shape index (κ1) is 10.6. The van der Waals surface area contributed by atoms with E-state index in [4.69, 9.17) is 5.84 Å². The second-order valence-electron chi connectivity index (χ2n) is 3.71. The van der Waals surface area contributed by atoms with E-state index in [9.17, 15) is 0 Å². The fraction of sp³-hybridized carbons (Fsp3) is 0.300. The molecule has 84 valence electrons. The number of hydrazine groups is 1. The van der Waals surface area contributed by atoms with Crippen LogP contribution >= 0.6 is 0 Å². The Labute approximate surface area is 93.5 Å². The van der Waals surface area contributed by atoms with E-state index >= 15 is 0 Å². The van der Waals surface area contributed by atoms with Crippen LogP contribution in [0.4, 0.5) is 5.82 Å². The first-order valence-electron chi connectivity index (χ1n) is 5.05. The molecule has 0 radical (unpaired) electrons. The predicted octanol–water partition coefficient (Wildman–Crippen LogP) is 1.07. The molecule has 0 aliphatic heterocycles. The van der Waals surface area contributed by atoms with Gasteiger partial charge in [-0.05, 0) is 12.0 Å². The van der Waals surface area contributed by atoms with Crippen LogP contribution in [0.2, 0.25) is 0 Å². The Morgan fingerprint density at radius 2 is 2.19 bits per heavy atom. The molecule has 2 aromatic rings. The van der Waals surface area contributed by atoms with Crippen molar-refractivity contribution in [3.8, 4) is 5.82 Å². The topological polar surface area (TPSA) is 81.6 Å². The fourth-order valence-corrected chi connectivity index (χ4v) is 1.61.